The summed E-state index contributed by atoms with van der Waals surface area (Å²) in [5.41, 5.74) is 5.07. The first-order valence-electron chi connectivity index (χ1n) is 4.66. The Labute approximate surface area is 97.3 Å². The van der Waals surface area contributed by atoms with Gasteiger partial charge in [0.1, 0.15) is 4.88 Å². The van der Waals surface area contributed by atoms with Gasteiger partial charge in [0.05, 0.1) is 5.69 Å². The number of carboxylic acids is 1. The minimum Gasteiger partial charge on any atom is -0.477 e. The third-order valence-electron chi connectivity index (χ3n) is 1.92. The van der Waals surface area contributed by atoms with Crippen molar-refractivity contribution in [3.63, 3.8) is 0 Å². The average molecular weight is 242 g/mol. The van der Waals surface area contributed by atoms with E-state index in [9.17, 15) is 9.59 Å². The predicted molar refractivity (Wildman–Crippen MR) is 63.2 cm³/mol. The van der Waals surface area contributed by atoms with E-state index < -0.39 is 12.0 Å². The Hall–Kier alpha value is -1.56. The van der Waals surface area contributed by atoms with E-state index in [2.05, 4.69) is 5.32 Å². The zero-order valence-electron chi connectivity index (χ0n) is 9.33. The van der Waals surface area contributed by atoms with E-state index in [0.29, 0.717) is 0 Å². The largest absolute Gasteiger partial charge is 0.477 e. The Bertz CT molecular complexity index is 432. The molecule has 6 heteroatoms. The number of urea groups is 1. The van der Waals surface area contributed by atoms with E-state index in [4.69, 9.17) is 10.8 Å². The molecule has 1 rings (SSSR count). The Morgan fingerprint density at radius 1 is 1.44 bits per heavy atom. The van der Waals surface area contributed by atoms with Crippen molar-refractivity contribution >= 4 is 29.0 Å². The smallest absolute Gasteiger partial charge is 0.348 e. The quantitative estimate of drug-likeness (QED) is 0.742. The van der Waals surface area contributed by atoms with Gasteiger partial charge in [-0.15, -0.1) is 11.3 Å². The number of carboxylic acid groups (broad SMARTS) is 1. The first-order valence-corrected chi connectivity index (χ1v) is 5.47. The third kappa shape index (κ3) is 2.73. The molecule has 0 saturated heterocycles. The number of carbonyl (C=O) groups excluding carboxylic acids is 1. The lowest BCUT2D eigenvalue weighted by Gasteiger charge is -2.15. The van der Waals surface area contributed by atoms with E-state index in [1.54, 1.807) is 6.07 Å². The van der Waals surface area contributed by atoms with Crippen LogP contribution in [0, 0.1) is 0 Å². The Morgan fingerprint density at radius 3 is 2.38 bits per heavy atom. The molecule has 2 amide bonds. The maximum absolute atomic E-state index is 11.0. The molecule has 1 aromatic rings. The minimum atomic E-state index is -1.07. The van der Waals surface area contributed by atoms with Gasteiger partial charge < -0.3 is 16.2 Å². The van der Waals surface area contributed by atoms with Gasteiger partial charge in [-0.25, -0.2) is 9.59 Å². The molecule has 0 unspecified atom stereocenters. The van der Waals surface area contributed by atoms with Crippen LogP contribution in [0.3, 0.4) is 0 Å². The molecule has 0 radical (unpaired) electrons. The normalized spacial score (nSPS) is 11.2. The van der Waals surface area contributed by atoms with Crippen LogP contribution >= 0.6 is 11.3 Å². The van der Waals surface area contributed by atoms with Crippen molar-refractivity contribution in [2.45, 2.75) is 26.2 Å². The van der Waals surface area contributed by atoms with E-state index >= 15 is 0 Å². The highest BCUT2D eigenvalue weighted by Crippen LogP contribution is 2.35. The summed E-state index contributed by atoms with van der Waals surface area (Å²) in [5, 5.41) is 11.3. The van der Waals surface area contributed by atoms with Gasteiger partial charge in [-0.2, -0.15) is 0 Å². The number of nitrogens with one attached hydrogen (secondary N) is 1. The second-order valence-electron chi connectivity index (χ2n) is 4.40. The van der Waals surface area contributed by atoms with Crippen molar-refractivity contribution in [2.24, 2.45) is 5.73 Å². The number of thiophene rings is 1. The second-order valence-corrected chi connectivity index (χ2v) is 5.45. The Morgan fingerprint density at radius 2 is 2.00 bits per heavy atom. The third-order valence-corrected chi connectivity index (χ3v) is 3.47. The van der Waals surface area contributed by atoms with Crippen LogP contribution in [0.4, 0.5) is 10.5 Å². The van der Waals surface area contributed by atoms with Crippen molar-refractivity contribution in [1.29, 1.82) is 0 Å². The molecular weight excluding hydrogens is 228 g/mol. The maximum atomic E-state index is 11.0. The molecule has 1 heterocycles. The number of hydrogen-bond acceptors (Lipinski definition) is 3. The highest BCUT2D eigenvalue weighted by molar-refractivity contribution is 7.14. The summed E-state index contributed by atoms with van der Waals surface area (Å²) in [6.45, 7) is 5.91. The zero-order chi connectivity index (χ0) is 12.5. The predicted octanol–water partition coefficient (Wildman–Crippen LogP) is 2.23. The molecule has 0 bridgehead atoms. The van der Waals surface area contributed by atoms with Gasteiger partial charge in [0.15, 0.2) is 0 Å². The molecule has 0 aliphatic heterocycles. The molecule has 0 saturated carbocycles. The molecule has 0 aliphatic carbocycles. The lowest BCUT2D eigenvalue weighted by molar-refractivity contribution is 0.0703. The van der Waals surface area contributed by atoms with Crippen LogP contribution in [0.1, 0.15) is 35.3 Å². The van der Waals surface area contributed by atoms with Crippen molar-refractivity contribution < 1.29 is 14.7 Å². The van der Waals surface area contributed by atoms with Crippen LogP contribution in [0.25, 0.3) is 0 Å². The van der Waals surface area contributed by atoms with E-state index in [-0.39, 0.29) is 16.0 Å². The van der Waals surface area contributed by atoms with Gasteiger partial charge in [-0.3, -0.25) is 0 Å². The van der Waals surface area contributed by atoms with Gasteiger partial charge in [0, 0.05) is 4.88 Å². The van der Waals surface area contributed by atoms with Gasteiger partial charge >= 0.3 is 12.0 Å². The topological polar surface area (TPSA) is 92.4 Å². The summed E-state index contributed by atoms with van der Waals surface area (Å²) in [6.07, 6.45) is 0. The fraction of sp³-hybridized carbons (Fsp3) is 0.400. The van der Waals surface area contributed by atoms with Gasteiger partial charge in [0.2, 0.25) is 0 Å². The van der Waals surface area contributed by atoms with E-state index in [1.807, 2.05) is 20.8 Å². The lowest BCUT2D eigenvalue weighted by atomic mass is 9.94. The van der Waals surface area contributed by atoms with Crippen LogP contribution in [0.2, 0.25) is 0 Å². The molecule has 0 aromatic carbocycles. The number of aromatic carboxylic acids is 1. The van der Waals surface area contributed by atoms with Crippen molar-refractivity contribution in [3.8, 4) is 0 Å². The van der Waals surface area contributed by atoms with Gasteiger partial charge in [-0.1, -0.05) is 20.8 Å². The second kappa shape index (κ2) is 4.13. The lowest BCUT2D eigenvalue weighted by Crippen LogP contribution is -2.20. The first kappa shape index (κ1) is 12.5. The number of amides is 2. The standard InChI is InChI=1S/C10H14N2O3S/c1-10(2,3)6-4-5(12-9(11)15)7(16-6)8(13)14/h4H,1-3H3,(H,13,14)(H3,11,12,15). The molecule has 4 N–H and O–H groups in total. The van der Waals surface area contributed by atoms with E-state index in [1.165, 1.54) is 0 Å². The number of anilines is 1. The van der Waals surface area contributed by atoms with Crippen LogP contribution in [0.5, 0.6) is 0 Å². The summed E-state index contributed by atoms with van der Waals surface area (Å²) >= 11 is 1.15. The number of carbonyl (C=O) groups is 2. The molecule has 0 fully saturated rings. The van der Waals surface area contributed by atoms with E-state index in [0.717, 1.165) is 16.2 Å². The van der Waals surface area contributed by atoms with Crippen LogP contribution in [-0.2, 0) is 5.41 Å². The number of nitrogens with two attached hydrogens (primary N) is 1. The average Bonchev–Trinajstić information content (AvgIpc) is 2.45. The van der Waals surface area contributed by atoms with Gasteiger partial charge in [-0.05, 0) is 11.5 Å². The zero-order valence-corrected chi connectivity index (χ0v) is 10.1. The van der Waals surface area contributed by atoms with Crippen LogP contribution in [-0.4, -0.2) is 17.1 Å². The maximum Gasteiger partial charge on any atom is 0.348 e. The molecule has 0 atom stereocenters. The highest BCUT2D eigenvalue weighted by atomic mass is 32.1. The Kier molecular flexibility index (Phi) is 3.23. The van der Waals surface area contributed by atoms with Crippen molar-refractivity contribution in [2.75, 3.05) is 5.32 Å². The number of primary amides is 1. The monoisotopic (exact) mass is 242 g/mol. The Balaban J connectivity index is 3.20. The number of hydrogen-bond donors (Lipinski definition) is 3. The fourth-order valence-electron chi connectivity index (χ4n) is 1.15. The molecule has 0 spiro atoms. The summed E-state index contributed by atoms with van der Waals surface area (Å²) in [5.74, 6) is -1.07. The van der Waals surface area contributed by atoms with Gasteiger partial charge in [0.25, 0.3) is 0 Å². The SMILES string of the molecule is CC(C)(C)c1cc(NC(N)=O)c(C(=O)O)s1. The van der Waals surface area contributed by atoms with Crippen molar-refractivity contribution in [3.05, 3.63) is 15.8 Å². The number of rotatable bonds is 2. The molecule has 1 aromatic heterocycles. The van der Waals surface area contributed by atoms with Crippen molar-refractivity contribution in [1.82, 2.24) is 0 Å². The van der Waals surface area contributed by atoms with Crippen LogP contribution < -0.4 is 11.1 Å². The highest BCUT2D eigenvalue weighted by Gasteiger charge is 2.23. The molecule has 5 nitrogen and oxygen atoms in total. The summed E-state index contributed by atoms with van der Waals surface area (Å²) in [4.78, 5) is 22.7. The summed E-state index contributed by atoms with van der Waals surface area (Å²) in [6, 6.07) is 0.888. The fourth-order valence-corrected chi connectivity index (χ4v) is 2.16. The summed E-state index contributed by atoms with van der Waals surface area (Å²) < 4.78 is 0. The molecule has 0 aliphatic rings. The molecular formula is C10H14N2O3S. The summed E-state index contributed by atoms with van der Waals surface area (Å²) in [7, 11) is 0. The minimum absolute atomic E-state index is 0.101. The van der Waals surface area contributed by atoms with Crippen LogP contribution in [0.15, 0.2) is 6.07 Å². The molecule has 16 heavy (non-hydrogen) atoms. The first-order chi connectivity index (χ1) is 7.21. The molecule has 88 valence electrons.